The highest BCUT2D eigenvalue weighted by Crippen LogP contribution is 2.32. The Morgan fingerprint density at radius 1 is 1.23 bits per heavy atom. The molecule has 0 aliphatic carbocycles. The molecule has 2 aromatic carbocycles. The van der Waals surface area contributed by atoms with E-state index in [-0.39, 0.29) is 6.73 Å². The van der Waals surface area contributed by atoms with E-state index in [0.29, 0.717) is 23.7 Å². The molecule has 0 spiro atoms. The molecule has 0 N–H and O–H groups in total. The maximum Gasteiger partial charge on any atom is 0.516 e. The monoisotopic (exact) mass is 439 g/mol. The Hall–Kier alpha value is -3.37. The van der Waals surface area contributed by atoms with Gasteiger partial charge in [-0.3, -0.25) is 0 Å². The van der Waals surface area contributed by atoms with Crippen molar-refractivity contribution in [2.45, 2.75) is 44.9 Å². The van der Waals surface area contributed by atoms with Gasteiger partial charge >= 0.3 is 6.16 Å². The first kappa shape index (κ1) is 22.3. The number of hydrogen-bond donors (Lipinski definition) is 0. The molecule has 7 nitrogen and oxygen atoms in total. The van der Waals surface area contributed by atoms with Gasteiger partial charge in [-0.15, -0.1) is 4.68 Å². The van der Waals surface area contributed by atoms with E-state index in [2.05, 4.69) is 18.1 Å². The van der Waals surface area contributed by atoms with Crippen LogP contribution in [-0.4, -0.2) is 15.9 Å². The van der Waals surface area contributed by atoms with Crippen LogP contribution in [0.5, 0.6) is 5.75 Å². The number of benzene rings is 2. The quantitative estimate of drug-likeness (QED) is 0.275. The first-order valence-corrected chi connectivity index (χ1v) is 10.4. The standard InChI is InChI=1S/C23H24ClN4O3/c1-2-3-13-23(14-25,19-9-11-20(24)12-10-19)15-28-17-27(16-26-28)18-30-22(29)31-21-7-5-4-6-8-21/h4-12,16-17H,2-3,13,15,18H2,1H3/q+1. The van der Waals surface area contributed by atoms with Crippen LogP contribution in [0.2, 0.25) is 5.02 Å². The Bertz CT molecular complexity index is 1030. The SMILES string of the molecule is CCCCC(C#N)(Cn1c[n+](COC(=O)Oc2ccccc2)cn1)c1ccc(Cl)cc1. The molecule has 0 radical (unpaired) electrons. The predicted molar refractivity (Wildman–Crippen MR) is 114 cm³/mol. The van der Waals surface area contributed by atoms with Crippen LogP contribution >= 0.6 is 11.6 Å². The molecule has 8 heteroatoms. The van der Waals surface area contributed by atoms with Crippen molar-refractivity contribution in [1.29, 1.82) is 5.26 Å². The van der Waals surface area contributed by atoms with E-state index >= 15 is 0 Å². The summed E-state index contributed by atoms with van der Waals surface area (Å²) < 4.78 is 13.5. The Balaban J connectivity index is 1.67. The molecule has 0 aliphatic rings. The van der Waals surface area contributed by atoms with Crippen molar-refractivity contribution >= 4 is 17.8 Å². The zero-order valence-corrected chi connectivity index (χ0v) is 18.0. The lowest BCUT2D eigenvalue weighted by atomic mass is 9.77. The summed E-state index contributed by atoms with van der Waals surface area (Å²) in [4.78, 5) is 11.9. The Kier molecular flexibility index (Phi) is 7.63. The summed E-state index contributed by atoms with van der Waals surface area (Å²) in [5.74, 6) is 0.408. The van der Waals surface area contributed by atoms with Gasteiger partial charge in [0.15, 0.2) is 0 Å². The number of rotatable bonds is 9. The fourth-order valence-corrected chi connectivity index (χ4v) is 3.37. The number of hydrogen-bond acceptors (Lipinski definition) is 5. The number of aromatic nitrogens is 3. The Morgan fingerprint density at radius 2 is 1.97 bits per heavy atom. The van der Waals surface area contributed by atoms with Crippen molar-refractivity contribution in [3.05, 3.63) is 77.8 Å². The molecule has 0 saturated heterocycles. The molecule has 0 saturated carbocycles. The average molecular weight is 440 g/mol. The highest BCUT2D eigenvalue weighted by Gasteiger charge is 2.35. The molecule has 0 amide bonds. The van der Waals surface area contributed by atoms with Gasteiger partial charge in [0.1, 0.15) is 17.7 Å². The third kappa shape index (κ3) is 6.06. The molecule has 0 bridgehead atoms. The van der Waals surface area contributed by atoms with Gasteiger partial charge in [-0.2, -0.15) is 5.26 Å². The van der Waals surface area contributed by atoms with Gasteiger partial charge < -0.3 is 9.47 Å². The summed E-state index contributed by atoms with van der Waals surface area (Å²) >= 11 is 6.03. The molecule has 1 aromatic heterocycles. The number of ether oxygens (including phenoxy) is 2. The third-order valence-corrected chi connectivity index (χ3v) is 5.16. The Morgan fingerprint density at radius 3 is 2.65 bits per heavy atom. The first-order valence-electron chi connectivity index (χ1n) is 10.0. The average Bonchev–Trinajstić information content (AvgIpc) is 3.24. The third-order valence-electron chi connectivity index (χ3n) is 4.91. The summed E-state index contributed by atoms with van der Waals surface area (Å²) in [6.07, 6.45) is 5.02. The van der Waals surface area contributed by atoms with Crippen LogP contribution in [0.3, 0.4) is 0 Å². The van der Waals surface area contributed by atoms with Crippen LogP contribution in [0.15, 0.2) is 67.3 Å². The van der Waals surface area contributed by atoms with Crippen LogP contribution in [-0.2, 0) is 23.4 Å². The molecule has 0 fully saturated rings. The number of carbonyl (C=O) groups excluding carboxylic acids is 1. The zero-order chi connectivity index (χ0) is 22.1. The number of nitriles is 1. The minimum Gasteiger partial charge on any atom is -0.399 e. The summed E-state index contributed by atoms with van der Waals surface area (Å²) in [6, 6.07) is 18.6. The number of carbonyl (C=O) groups is 1. The molecule has 31 heavy (non-hydrogen) atoms. The zero-order valence-electron chi connectivity index (χ0n) is 17.3. The molecule has 3 aromatic rings. The van der Waals surface area contributed by atoms with Crippen LogP contribution < -0.4 is 9.30 Å². The maximum absolute atomic E-state index is 11.9. The minimum absolute atomic E-state index is 0.0544. The smallest absolute Gasteiger partial charge is 0.399 e. The minimum atomic E-state index is -0.804. The lowest BCUT2D eigenvalue weighted by Crippen LogP contribution is -2.35. The van der Waals surface area contributed by atoms with E-state index in [9.17, 15) is 10.1 Å². The second kappa shape index (κ2) is 10.6. The molecule has 1 atom stereocenters. The van der Waals surface area contributed by atoms with Crippen molar-refractivity contribution in [1.82, 2.24) is 9.78 Å². The van der Waals surface area contributed by atoms with Crippen molar-refractivity contribution in [2.75, 3.05) is 0 Å². The predicted octanol–water partition coefficient (Wildman–Crippen LogP) is 4.65. The number of nitrogens with zero attached hydrogens (tertiary/aromatic N) is 4. The highest BCUT2D eigenvalue weighted by atomic mass is 35.5. The van der Waals surface area contributed by atoms with Crippen molar-refractivity contribution in [2.24, 2.45) is 0 Å². The van der Waals surface area contributed by atoms with Gasteiger partial charge in [-0.25, -0.2) is 9.36 Å². The van der Waals surface area contributed by atoms with E-state index in [4.69, 9.17) is 21.1 Å². The molecule has 160 valence electrons. The van der Waals surface area contributed by atoms with Gasteiger partial charge in [0.2, 0.25) is 13.1 Å². The van der Waals surface area contributed by atoms with E-state index in [1.54, 1.807) is 58.3 Å². The van der Waals surface area contributed by atoms with Gasteiger partial charge in [0, 0.05) is 10.1 Å². The lowest BCUT2D eigenvalue weighted by molar-refractivity contribution is -0.728. The van der Waals surface area contributed by atoms with Gasteiger partial charge in [0.05, 0.1) is 6.07 Å². The molecule has 3 rings (SSSR count). The summed E-state index contributed by atoms with van der Waals surface area (Å²) in [7, 11) is 0. The molecule has 1 unspecified atom stereocenters. The first-order chi connectivity index (χ1) is 15.0. The van der Waals surface area contributed by atoms with E-state index in [0.717, 1.165) is 18.4 Å². The number of unbranched alkanes of at least 4 members (excludes halogenated alkanes) is 1. The molecule has 0 aliphatic heterocycles. The molecule has 1 heterocycles. The van der Waals surface area contributed by atoms with Crippen LogP contribution in [0, 0.1) is 11.3 Å². The summed E-state index contributed by atoms with van der Waals surface area (Å²) in [5, 5.41) is 15.1. The second-order valence-electron chi connectivity index (χ2n) is 7.20. The van der Waals surface area contributed by atoms with Gasteiger partial charge in [0.25, 0.3) is 6.33 Å². The van der Waals surface area contributed by atoms with Crippen LogP contribution in [0.25, 0.3) is 0 Å². The van der Waals surface area contributed by atoms with Crippen LogP contribution in [0.4, 0.5) is 4.79 Å². The van der Waals surface area contributed by atoms with Crippen molar-refractivity contribution in [3.63, 3.8) is 0 Å². The second-order valence-corrected chi connectivity index (χ2v) is 7.64. The fraction of sp³-hybridized carbons (Fsp3) is 0.304. The van der Waals surface area contributed by atoms with Crippen molar-refractivity contribution < 1.29 is 18.8 Å². The lowest BCUT2D eigenvalue weighted by Gasteiger charge is -2.24. The molecular weight excluding hydrogens is 416 g/mol. The van der Waals surface area contributed by atoms with E-state index in [1.807, 2.05) is 18.2 Å². The maximum atomic E-state index is 11.9. The van der Waals surface area contributed by atoms with Crippen LogP contribution in [0.1, 0.15) is 31.7 Å². The number of halogens is 1. The Labute approximate surface area is 186 Å². The van der Waals surface area contributed by atoms with Gasteiger partial charge in [-0.05, 0) is 36.2 Å². The summed E-state index contributed by atoms with van der Waals surface area (Å²) in [5.41, 5.74) is 0.162. The topological polar surface area (TPSA) is 81.0 Å². The van der Waals surface area contributed by atoms with Crippen molar-refractivity contribution in [3.8, 4) is 11.8 Å². The number of para-hydroxylation sites is 1. The summed E-state index contributed by atoms with van der Waals surface area (Å²) in [6.45, 7) is 2.41. The highest BCUT2D eigenvalue weighted by molar-refractivity contribution is 6.30. The van der Waals surface area contributed by atoms with E-state index < -0.39 is 11.6 Å². The normalized spacial score (nSPS) is 12.5. The molecular formula is C23H24ClN4O3+. The van der Waals surface area contributed by atoms with E-state index in [1.165, 1.54) is 0 Å². The fourth-order valence-electron chi connectivity index (χ4n) is 3.25. The van der Waals surface area contributed by atoms with Gasteiger partial charge in [-0.1, -0.05) is 61.7 Å². The largest absolute Gasteiger partial charge is 0.516 e.